The van der Waals surface area contributed by atoms with Gasteiger partial charge >= 0.3 is 0 Å². The van der Waals surface area contributed by atoms with Crippen molar-refractivity contribution in [1.82, 2.24) is 4.90 Å². The van der Waals surface area contributed by atoms with E-state index in [0.717, 1.165) is 36.9 Å². The fraction of sp³-hybridized carbons (Fsp3) is 1.00. The number of ether oxygens (including phenoxy) is 1. The molecule has 0 aromatic heterocycles. The minimum Gasteiger partial charge on any atom is -0.381 e. The van der Waals surface area contributed by atoms with Crippen molar-refractivity contribution < 1.29 is 4.74 Å². The van der Waals surface area contributed by atoms with Gasteiger partial charge in [-0.15, -0.1) is 0 Å². The normalized spacial score (nSPS) is 46.1. The van der Waals surface area contributed by atoms with Crippen LogP contribution in [0.3, 0.4) is 0 Å². The van der Waals surface area contributed by atoms with Gasteiger partial charge in [0.25, 0.3) is 0 Å². The first kappa shape index (κ1) is 12.6. The molecule has 5 fully saturated rings. The SMILES string of the molecule is CN(CC1CCOCC1)C12CC3CC(CC(C3)C1)C2. The van der Waals surface area contributed by atoms with Gasteiger partial charge in [-0.3, -0.25) is 0 Å². The quantitative estimate of drug-likeness (QED) is 0.774. The summed E-state index contributed by atoms with van der Waals surface area (Å²) in [6.45, 7) is 3.33. The molecule has 2 heteroatoms. The highest BCUT2D eigenvalue weighted by Crippen LogP contribution is 2.57. The molecule has 0 N–H and O–H groups in total. The largest absolute Gasteiger partial charge is 0.381 e. The summed E-state index contributed by atoms with van der Waals surface area (Å²) >= 11 is 0. The topological polar surface area (TPSA) is 12.5 Å². The Bertz CT molecular complexity index is 299. The maximum Gasteiger partial charge on any atom is 0.0469 e. The highest BCUT2D eigenvalue weighted by molar-refractivity contribution is 5.07. The molecule has 5 rings (SSSR count). The molecule has 0 aromatic rings. The van der Waals surface area contributed by atoms with E-state index in [1.165, 1.54) is 38.6 Å². The molecule has 0 atom stereocenters. The predicted octanol–water partition coefficient (Wildman–Crippen LogP) is 3.31. The molecule has 4 saturated carbocycles. The zero-order valence-corrected chi connectivity index (χ0v) is 12.4. The molecular formula is C17H29NO. The van der Waals surface area contributed by atoms with Gasteiger partial charge in [-0.1, -0.05) is 0 Å². The first-order valence-corrected chi connectivity index (χ1v) is 8.52. The van der Waals surface area contributed by atoms with Gasteiger partial charge < -0.3 is 9.64 Å². The fourth-order valence-electron chi connectivity index (χ4n) is 6.04. The Balaban J connectivity index is 1.45. The third kappa shape index (κ3) is 2.25. The second-order valence-corrected chi connectivity index (χ2v) is 8.08. The van der Waals surface area contributed by atoms with Gasteiger partial charge in [0.15, 0.2) is 0 Å². The standard InChI is InChI=1S/C17H29NO/c1-18(12-13-2-4-19-5-3-13)17-9-14-6-15(10-17)8-16(7-14)11-17/h13-16H,2-12H2,1H3. The maximum atomic E-state index is 5.51. The van der Waals surface area contributed by atoms with E-state index >= 15 is 0 Å². The van der Waals surface area contributed by atoms with E-state index in [4.69, 9.17) is 4.74 Å². The Morgan fingerprint density at radius 2 is 1.47 bits per heavy atom. The van der Waals surface area contributed by atoms with E-state index in [9.17, 15) is 0 Å². The van der Waals surface area contributed by atoms with Crippen molar-refractivity contribution in [2.24, 2.45) is 23.7 Å². The lowest BCUT2D eigenvalue weighted by molar-refractivity contribution is -0.0872. The van der Waals surface area contributed by atoms with Gasteiger partial charge in [0, 0.05) is 25.3 Å². The van der Waals surface area contributed by atoms with E-state index in [2.05, 4.69) is 11.9 Å². The van der Waals surface area contributed by atoms with Crippen LogP contribution in [0.5, 0.6) is 0 Å². The van der Waals surface area contributed by atoms with Crippen LogP contribution in [0.4, 0.5) is 0 Å². The van der Waals surface area contributed by atoms with Gasteiger partial charge in [-0.2, -0.15) is 0 Å². The monoisotopic (exact) mass is 263 g/mol. The van der Waals surface area contributed by atoms with Crippen molar-refractivity contribution >= 4 is 0 Å². The Morgan fingerprint density at radius 3 is 2.00 bits per heavy atom. The van der Waals surface area contributed by atoms with Crippen LogP contribution in [-0.2, 0) is 4.74 Å². The molecule has 0 spiro atoms. The lowest BCUT2D eigenvalue weighted by Crippen LogP contribution is -2.59. The average molecular weight is 263 g/mol. The zero-order valence-electron chi connectivity index (χ0n) is 12.4. The lowest BCUT2D eigenvalue weighted by atomic mass is 9.52. The van der Waals surface area contributed by atoms with E-state index < -0.39 is 0 Å². The molecule has 2 nitrogen and oxygen atoms in total. The van der Waals surface area contributed by atoms with Crippen LogP contribution in [0.25, 0.3) is 0 Å². The van der Waals surface area contributed by atoms with Crippen LogP contribution in [-0.4, -0.2) is 37.2 Å². The molecule has 4 aliphatic carbocycles. The van der Waals surface area contributed by atoms with Crippen LogP contribution in [0.2, 0.25) is 0 Å². The number of nitrogens with zero attached hydrogens (tertiary/aromatic N) is 1. The summed E-state index contributed by atoms with van der Waals surface area (Å²) in [7, 11) is 2.43. The average Bonchev–Trinajstić information content (AvgIpc) is 2.38. The predicted molar refractivity (Wildman–Crippen MR) is 77.1 cm³/mol. The molecule has 0 aromatic carbocycles. The third-order valence-electron chi connectivity index (χ3n) is 6.69. The summed E-state index contributed by atoms with van der Waals surface area (Å²) in [5.41, 5.74) is 0.604. The molecule has 19 heavy (non-hydrogen) atoms. The number of rotatable bonds is 3. The molecule has 0 unspecified atom stereocenters. The summed E-state index contributed by atoms with van der Waals surface area (Å²) in [6, 6.07) is 0. The maximum absolute atomic E-state index is 5.51. The fourth-order valence-corrected chi connectivity index (χ4v) is 6.04. The highest BCUT2D eigenvalue weighted by Gasteiger charge is 2.52. The highest BCUT2D eigenvalue weighted by atomic mass is 16.5. The number of hydrogen-bond donors (Lipinski definition) is 0. The smallest absolute Gasteiger partial charge is 0.0469 e. The summed E-state index contributed by atoms with van der Waals surface area (Å²) in [6.07, 6.45) is 11.8. The number of hydrogen-bond acceptors (Lipinski definition) is 2. The molecule has 1 aliphatic heterocycles. The summed E-state index contributed by atoms with van der Waals surface area (Å²) < 4.78 is 5.51. The summed E-state index contributed by atoms with van der Waals surface area (Å²) in [5.74, 6) is 4.11. The van der Waals surface area contributed by atoms with Crippen LogP contribution in [0, 0.1) is 23.7 Å². The van der Waals surface area contributed by atoms with Crippen molar-refractivity contribution in [3.63, 3.8) is 0 Å². The third-order valence-corrected chi connectivity index (χ3v) is 6.69. The minimum atomic E-state index is 0.604. The van der Waals surface area contributed by atoms with E-state index in [-0.39, 0.29) is 0 Å². The molecule has 1 heterocycles. The van der Waals surface area contributed by atoms with Crippen LogP contribution in [0.15, 0.2) is 0 Å². The Morgan fingerprint density at radius 1 is 0.947 bits per heavy atom. The summed E-state index contributed by atoms with van der Waals surface area (Å²) in [4.78, 5) is 2.80. The van der Waals surface area contributed by atoms with Crippen molar-refractivity contribution in [3.8, 4) is 0 Å². The van der Waals surface area contributed by atoms with Gasteiger partial charge in [-0.05, 0) is 82.1 Å². The molecule has 4 bridgehead atoms. The van der Waals surface area contributed by atoms with E-state index in [1.807, 2.05) is 0 Å². The zero-order chi connectivity index (χ0) is 12.9. The van der Waals surface area contributed by atoms with Gasteiger partial charge in [0.05, 0.1) is 0 Å². The Hall–Kier alpha value is -0.0800. The second-order valence-electron chi connectivity index (χ2n) is 8.08. The molecule has 0 radical (unpaired) electrons. The molecule has 1 saturated heterocycles. The van der Waals surface area contributed by atoms with E-state index in [0.29, 0.717) is 5.54 Å². The van der Waals surface area contributed by atoms with Crippen molar-refractivity contribution in [1.29, 1.82) is 0 Å². The first-order valence-electron chi connectivity index (χ1n) is 8.52. The molecule has 0 amide bonds. The van der Waals surface area contributed by atoms with Crippen LogP contribution >= 0.6 is 0 Å². The van der Waals surface area contributed by atoms with Crippen LogP contribution in [0.1, 0.15) is 51.4 Å². The summed E-state index contributed by atoms with van der Waals surface area (Å²) in [5, 5.41) is 0. The minimum absolute atomic E-state index is 0.604. The molecule has 108 valence electrons. The lowest BCUT2D eigenvalue weighted by Gasteiger charge is -2.60. The van der Waals surface area contributed by atoms with Crippen molar-refractivity contribution in [2.45, 2.75) is 56.9 Å². The van der Waals surface area contributed by atoms with Crippen molar-refractivity contribution in [3.05, 3.63) is 0 Å². The van der Waals surface area contributed by atoms with E-state index in [1.54, 1.807) is 19.3 Å². The molecular weight excluding hydrogens is 234 g/mol. The Labute approximate surface area is 117 Å². The van der Waals surface area contributed by atoms with Gasteiger partial charge in [-0.25, -0.2) is 0 Å². The molecule has 5 aliphatic rings. The van der Waals surface area contributed by atoms with Gasteiger partial charge in [0.1, 0.15) is 0 Å². The second kappa shape index (κ2) is 4.73. The van der Waals surface area contributed by atoms with Gasteiger partial charge in [0.2, 0.25) is 0 Å². The first-order chi connectivity index (χ1) is 9.23. The Kier molecular flexibility index (Phi) is 3.15. The van der Waals surface area contributed by atoms with Crippen molar-refractivity contribution in [2.75, 3.05) is 26.8 Å². The van der Waals surface area contributed by atoms with Crippen LogP contribution < -0.4 is 0 Å².